The zero-order valence-electron chi connectivity index (χ0n) is 20.4. The first-order valence-electron chi connectivity index (χ1n) is 11.3. The van der Waals surface area contributed by atoms with E-state index in [9.17, 15) is 27.9 Å². The van der Waals surface area contributed by atoms with E-state index >= 15 is 0 Å². The zero-order valence-corrected chi connectivity index (χ0v) is 20.4. The number of carbonyl (C=O) groups excluding carboxylic acids is 2. The van der Waals surface area contributed by atoms with Gasteiger partial charge in [0.2, 0.25) is 0 Å². The third-order valence-corrected chi connectivity index (χ3v) is 5.48. The fraction of sp³-hybridized carbons (Fsp3) is 0.333. The summed E-state index contributed by atoms with van der Waals surface area (Å²) in [5.41, 5.74) is 0.343. The largest absolute Gasteiger partial charge is 0.504 e. The summed E-state index contributed by atoms with van der Waals surface area (Å²) < 4.78 is 38.9. The van der Waals surface area contributed by atoms with Crippen LogP contribution in [0, 0.1) is 5.92 Å². The summed E-state index contributed by atoms with van der Waals surface area (Å²) >= 11 is 0. The first-order valence-corrected chi connectivity index (χ1v) is 11.3. The second-order valence-corrected chi connectivity index (χ2v) is 8.35. The molecular formula is C24H24BF3N6O3. The molecule has 1 aliphatic rings. The number of carbonyl (C=O) groups is 2. The number of amides is 1. The van der Waals surface area contributed by atoms with Gasteiger partial charge in [-0.25, -0.2) is 9.67 Å². The Balaban J connectivity index is 1.99. The number of rotatable bonds is 8. The van der Waals surface area contributed by atoms with Crippen molar-refractivity contribution in [2.24, 2.45) is 16.1 Å². The van der Waals surface area contributed by atoms with Crippen molar-refractivity contribution in [3.05, 3.63) is 58.6 Å². The van der Waals surface area contributed by atoms with Crippen molar-refractivity contribution in [3.8, 4) is 11.6 Å². The lowest BCUT2D eigenvalue weighted by atomic mass is 9.78. The van der Waals surface area contributed by atoms with Crippen molar-refractivity contribution < 1.29 is 27.9 Å². The van der Waals surface area contributed by atoms with Gasteiger partial charge in [0.15, 0.2) is 17.4 Å². The number of aromatic hydroxyl groups is 1. The molecule has 2 N–H and O–H groups in total. The monoisotopic (exact) mass is 512 g/mol. The molecule has 0 fully saturated rings. The van der Waals surface area contributed by atoms with Gasteiger partial charge in [-0.05, 0) is 37.5 Å². The molecule has 37 heavy (non-hydrogen) atoms. The van der Waals surface area contributed by atoms with Crippen LogP contribution >= 0.6 is 0 Å². The van der Waals surface area contributed by atoms with Gasteiger partial charge in [0.1, 0.15) is 19.3 Å². The highest BCUT2D eigenvalue weighted by Gasteiger charge is 2.32. The molecule has 13 heteroatoms. The minimum absolute atomic E-state index is 0.0297. The van der Waals surface area contributed by atoms with Crippen LogP contribution in [0.4, 0.5) is 13.2 Å². The maximum Gasteiger partial charge on any atom is 0.431 e. The van der Waals surface area contributed by atoms with Crippen LogP contribution in [0.15, 0.2) is 57.4 Å². The summed E-state index contributed by atoms with van der Waals surface area (Å²) in [6, 6.07) is 4.23. The molecule has 0 aromatic carbocycles. The molecule has 0 aliphatic heterocycles. The summed E-state index contributed by atoms with van der Waals surface area (Å²) in [5, 5.41) is 23.9. The maximum atomic E-state index is 13.4. The second kappa shape index (κ2) is 11.4. The molecule has 1 aliphatic carbocycles. The topological polar surface area (TPSA) is 122 Å². The molecule has 192 valence electrons. The SMILES string of the molecule is [B]C1=CC(C(=O)CC)=C(NC(=O)c2cc(C/C=N\N=C(\C)C(F)(F)F)nn2-c2ncccc2O)C(C)C1. The van der Waals surface area contributed by atoms with E-state index in [2.05, 4.69) is 25.6 Å². The zero-order chi connectivity index (χ0) is 27.3. The van der Waals surface area contributed by atoms with Gasteiger partial charge in [-0.1, -0.05) is 19.9 Å². The molecule has 0 spiro atoms. The molecular weight excluding hydrogens is 488 g/mol. The van der Waals surface area contributed by atoms with Gasteiger partial charge in [0.25, 0.3) is 5.91 Å². The first-order chi connectivity index (χ1) is 17.4. The van der Waals surface area contributed by atoms with E-state index in [1.165, 1.54) is 24.4 Å². The molecule has 1 unspecified atom stereocenters. The normalized spacial score (nSPS) is 16.8. The summed E-state index contributed by atoms with van der Waals surface area (Å²) in [7, 11) is 5.96. The average molecular weight is 512 g/mol. The minimum Gasteiger partial charge on any atom is -0.504 e. The van der Waals surface area contributed by atoms with Crippen molar-refractivity contribution in [2.75, 3.05) is 0 Å². The third kappa shape index (κ3) is 6.60. The van der Waals surface area contributed by atoms with Gasteiger partial charge in [-0.15, -0.1) is 5.47 Å². The molecule has 2 aromatic rings. The van der Waals surface area contributed by atoms with Crippen LogP contribution in [0.2, 0.25) is 0 Å². The molecule has 1 atom stereocenters. The molecule has 2 radical (unpaired) electrons. The molecule has 0 saturated heterocycles. The fourth-order valence-corrected chi connectivity index (χ4v) is 3.56. The smallest absolute Gasteiger partial charge is 0.431 e. The second-order valence-electron chi connectivity index (χ2n) is 8.35. The lowest BCUT2D eigenvalue weighted by Crippen LogP contribution is -2.32. The minimum atomic E-state index is -4.59. The highest BCUT2D eigenvalue weighted by molar-refractivity contribution is 6.22. The fourth-order valence-electron chi connectivity index (χ4n) is 3.56. The van der Waals surface area contributed by atoms with E-state index in [1.807, 2.05) is 6.92 Å². The van der Waals surface area contributed by atoms with Crippen LogP contribution in [-0.2, 0) is 11.2 Å². The number of pyridine rings is 1. The first kappa shape index (κ1) is 27.6. The van der Waals surface area contributed by atoms with Crippen molar-refractivity contribution >= 4 is 31.5 Å². The van der Waals surface area contributed by atoms with Gasteiger partial charge in [-0.2, -0.15) is 28.5 Å². The van der Waals surface area contributed by atoms with Crippen LogP contribution in [0.1, 0.15) is 49.8 Å². The summed E-state index contributed by atoms with van der Waals surface area (Å²) in [5.74, 6) is -1.37. The number of hydrogen-bond acceptors (Lipinski definition) is 7. The van der Waals surface area contributed by atoms with Crippen LogP contribution in [0.3, 0.4) is 0 Å². The molecule has 1 amide bonds. The van der Waals surface area contributed by atoms with Crippen LogP contribution in [0.5, 0.6) is 5.75 Å². The van der Waals surface area contributed by atoms with Gasteiger partial charge >= 0.3 is 6.18 Å². The summed E-state index contributed by atoms with van der Waals surface area (Å²) in [4.78, 5) is 30.0. The molecule has 0 saturated carbocycles. The van der Waals surface area contributed by atoms with Crippen molar-refractivity contribution in [3.63, 3.8) is 0 Å². The van der Waals surface area contributed by atoms with E-state index in [-0.39, 0.29) is 47.5 Å². The lowest BCUT2D eigenvalue weighted by molar-refractivity contribution is -0.115. The number of aromatic nitrogens is 3. The van der Waals surface area contributed by atoms with Crippen molar-refractivity contribution in [2.45, 2.75) is 46.2 Å². The molecule has 2 aromatic heterocycles. The number of allylic oxidation sites excluding steroid dienone is 4. The Kier molecular flexibility index (Phi) is 8.46. The Bertz CT molecular complexity index is 1330. The molecule has 3 rings (SSSR count). The average Bonchev–Trinajstić information content (AvgIpc) is 3.26. The van der Waals surface area contributed by atoms with Crippen molar-refractivity contribution in [1.82, 2.24) is 20.1 Å². The van der Waals surface area contributed by atoms with Gasteiger partial charge in [0.05, 0.1) is 5.69 Å². The summed E-state index contributed by atoms with van der Waals surface area (Å²) in [6.07, 6.45) is 0.0526. The Labute approximate surface area is 212 Å². The number of Topliss-reactive ketones (excluding diaryl/α,β-unsaturated/α-hetero) is 1. The van der Waals surface area contributed by atoms with E-state index in [0.29, 0.717) is 23.2 Å². The Morgan fingerprint density at radius 3 is 2.76 bits per heavy atom. The van der Waals surface area contributed by atoms with E-state index in [0.717, 1.165) is 17.8 Å². The predicted molar refractivity (Wildman–Crippen MR) is 132 cm³/mol. The number of halogens is 3. The highest BCUT2D eigenvalue weighted by atomic mass is 19.4. The van der Waals surface area contributed by atoms with Crippen LogP contribution < -0.4 is 5.32 Å². The van der Waals surface area contributed by atoms with E-state index in [4.69, 9.17) is 7.85 Å². The van der Waals surface area contributed by atoms with Gasteiger partial charge in [-0.3, -0.25) is 9.59 Å². The van der Waals surface area contributed by atoms with Crippen molar-refractivity contribution in [1.29, 1.82) is 0 Å². The quantitative estimate of drug-likeness (QED) is 0.318. The standard InChI is InChI=1S/C24H24BF3N6O3/c1-4-19(35)17-11-15(25)10-13(2)21(17)31-23(37)18-12-16(7-9-30-32-14(3)24(26,27)28)33-34(18)22-20(36)6-5-8-29-22/h5-6,8-9,11-13,36H,4,7,10H2,1-3H3,(H,31,37)/b30-9-,32-14-. The van der Waals surface area contributed by atoms with E-state index < -0.39 is 17.8 Å². The Hall–Kier alpha value is -4.03. The molecule has 0 bridgehead atoms. The highest BCUT2D eigenvalue weighted by Crippen LogP contribution is 2.28. The predicted octanol–water partition coefficient (Wildman–Crippen LogP) is 3.58. The van der Waals surface area contributed by atoms with Crippen LogP contribution in [0.25, 0.3) is 5.82 Å². The van der Waals surface area contributed by atoms with Gasteiger partial charge < -0.3 is 10.4 Å². The number of nitrogens with one attached hydrogen (secondary N) is 1. The molecule has 2 heterocycles. The number of ketones is 1. The molecule has 9 nitrogen and oxygen atoms in total. The lowest BCUT2D eigenvalue weighted by Gasteiger charge is -2.25. The maximum absolute atomic E-state index is 13.4. The summed E-state index contributed by atoms with van der Waals surface area (Å²) in [6.45, 7) is 4.32. The number of alkyl halides is 3. The van der Waals surface area contributed by atoms with Crippen LogP contribution in [-0.4, -0.2) is 57.5 Å². The van der Waals surface area contributed by atoms with E-state index in [1.54, 1.807) is 13.0 Å². The number of hydrogen-bond donors (Lipinski definition) is 2. The number of nitrogens with zero attached hydrogens (tertiary/aromatic N) is 5. The Morgan fingerprint density at radius 2 is 2.11 bits per heavy atom. The van der Waals surface area contributed by atoms with Gasteiger partial charge in [0, 0.05) is 36.5 Å². The third-order valence-electron chi connectivity index (χ3n) is 5.48. The Morgan fingerprint density at radius 1 is 1.38 bits per heavy atom.